The van der Waals surface area contributed by atoms with Gasteiger partial charge < -0.3 is 4.55 Å². The van der Waals surface area contributed by atoms with Crippen LogP contribution in [0.3, 0.4) is 0 Å². The van der Waals surface area contributed by atoms with E-state index in [2.05, 4.69) is 18.2 Å². The van der Waals surface area contributed by atoms with Gasteiger partial charge in [0.05, 0.1) is 0 Å². The van der Waals surface area contributed by atoms with Crippen molar-refractivity contribution in [2.75, 3.05) is 6.26 Å². The van der Waals surface area contributed by atoms with E-state index in [1.165, 1.54) is 10.4 Å². The maximum atomic E-state index is 11.2. The normalized spacial score (nSPS) is 12.7. The molecule has 1 unspecified atom stereocenters. The minimum absolute atomic E-state index is 0.848. The zero-order chi connectivity index (χ0) is 10.7. The highest BCUT2D eigenvalue weighted by Gasteiger charge is 2.08. The van der Waals surface area contributed by atoms with Crippen LogP contribution in [0.4, 0.5) is 0 Å². The van der Waals surface area contributed by atoms with Crippen LogP contribution in [-0.2, 0) is 17.6 Å². The average Bonchev–Trinajstić information content (AvgIpc) is 2.68. The summed E-state index contributed by atoms with van der Waals surface area (Å²) in [7, 11) is 0. The zero-order valence-electron chi connectivity index (χ0n) is 8.47. The first-order chi connectivity index (χ1) is 7.25. The molecule has 0 aliphatic heterocycles. The lowest BCUT2D eigenvalue weighted by Gasteiger charge is -1.99. The first kappa shape index (κ1) is 10.7. The van der Waals surface area contributed by atoms with Gasteiger partial charge in [-0.2, -0.15) is 0 Å². The molecule has 0 saturated heterocycles. The maximum Gasteiger partial charge on any atom is 0.206 e. The Morgan fingerprint density at radius 1 is 1.13 bits per heavy atom. The van der Waals surface area contributed by atoms with Crippen molar-refractivity contribution in [3.63, 3.8) is 0 Å². The first-order valence-corrected chi connectivity index (χ1v) is 7.09. The molecule has 0 saturated carbocycles. The summed E-state index contributed by atoms with van der Waals surface area (Å²) in [6.45, 7) is 0. The Morgan fingerprint density at radius 2 is 1.87 bits per heavy atom. The van der Waals surface area contributed by atoms with Gasteiger partial charge in [-0.25, -0.2) is 0 Å². The molecule has 0 N–H and O–H groups in total. The van der Waals surface area contributed by atoms with Crippen LogP contribution < -0.4 is 0 Å². The Hall–Kier alpha value is -0.770. The molecule has 78 valence electrons. The molecule has 1 aromatic carbocycles. The molecule has 1 atom stereocenters. The second-order valence-corrected chi connectivity index (χ2v) is 6.11. The Bertz CT molecular complexity index is 420. The summed E-state index contributed by atoms with van der Waals surface area (Å²) in [5, 5.41) is 0. The molecule has 1 heterocycles. The van der Waals surface area contributed by atoms with Crippen molar-refractivity contribution in [1.82, 2.24) is 0 Å². The van der Waals surface area contributed by atoms with Crippen LogP contribution in [0.15, 0.2) is 46.7 Å². The minimum atomic E-state index is -0.848. The minimum Gasteiger partial charge on any atom is -0.611 e. The van der Waals surface area contributed by atoms with Crippen LogP contribution in [-0.4, -0.2) is 10.8 Å². The van der Waals surface area contributed by atoms with Gasteiger partial charge in [-0.05, 0) is 22.8 Å². The summed E-state index contributed by atoms with van der Waals surface area (Å²) in [4.78, 5) is 1.27. The zero-order valence-corrected chi connectivity index (χ0v) is 10.1. The molecule has 3 heteroatoms. The van der Waals surface area contributed by atoms with Crippen LogP contribution in [0, 0.1) is 0 Å². The van der Waals surface area contributed by atoms with Crippen LogP contribution in [0.2, 0.25) is 0 Å². The van der Waals surface area contributed by atoms with E-state index in [4.69, 9.17) is 0 Å². The van der Waals surface area contributed by atoms with Crippen molar-refractivity contribution in [1.29, 1.82) is 0 Å². The summed E-state index contributed by atoms with van der Waals surface area (Å²) in [6, 6.07) is 14.4. The SMILES string of the molecule is C[S+]([O-])c1ccc(Cc2ccccc2)s1. The number of hydrogen-bond donors (Lipinski definition) is 0. The molecule has 1 nitrogen and oxygen atoms in total. The first-order valence-electron chi connectivity index (χ1n) is 4.72. The van der Waals surface area contributed by atoms with Crippen molar-refractivity contribution >= 4 is 22.5 Å². The molecule has 1 aromatic heterocycles. The van der Waals surface area contributed by atoms with E-state index in [9.17, 15) is 4.55 Å². The average molecular weight is 236 g/mol. The predicted molar refractivity (Wildman–Crippen MR) is 65.9 cm³/mol. The molecule has 0 aliphatic carbocycles. The van der Waals surface area contributed by atoms with Crippen LogP contribution in [0.5, 0.6) is 0 Å². The van der Waals surface area contributed by atoms with Gasteiger partial charge in [0.2, 0.25) is 4.21 Å². The largest absolute Gasteiger partial charge is 0.611 e. The topological polar surface area (TPSA) is 23.1 Å². The van der Waals surface area contributed by atoms with Crippen molar-refractivity contribution < 1.29 is 4.55 Å². The molecule has 0 amide bonds. The quantitative estimate of drug-likeness (QED) is 0.751. The van der Waals surface area contributed by atoms with Crippen LogP contribution in [0.1, 0.15) is 10.4 Å². The second kappa shape index (κ2) is 4.84. The van der Waals surface area contributed by atoms with Crippen molar-refractivity contribution in [3.05, 3.63) is 52.9 Å². The van der Waals surface area contributed by atoms with Crippen LogP contribution in [0.25, 0.3) is 0 Å². The molecule has 0 fully saturated rings. The van der Waals surface area contributed by atoms with E-state index in [0.29, 0.717) is 0 Å². The monoisotopic (exact) mass is 236 g/mol. The fourth-order valence-electron chi connectivity index (χ4n) is 1.40. The fraction of sp³-hybridized carbons (Fsp3) is 0.167. The molecule has 0 spiro atoms. The van der Waals surface area contributed by atoms with Gasteiger partial charge in [0.1, 0.15) is 6.26 Å². The second-order valence-electron chi connectivity index (χ2n) is 3.34. The number of benzene rings is 1. The van der Waals surface area contributed by atoms with Gasteiger partial charge in [-0.15, -0.1) is 0 Å². The van der Waals surface area contributed by atoms with E-state index >= 15 is 0 Å². The fourth-order valence-corrected chi connectivity index (χ4v) is 3.22. The van der Waals surface area contributed by atoms with Gasteiger partial charge in [0, 0.05) is 17.4 Å². The smallest absolute Gasteiger partial charge is 0.206 e. The van der Waals surface area contributed by atoms with E-state index in [-0.39, 0.29) is 0 Å². The van der Waals surface area contributed by atoms with E-state index in [1.807, 2.05) is 24.3 Å². The Labute approximate surface area is 97.0 Å². The molecule has 0 radical (unpaired) electrons. The molecule has 2 aromatic rings. The molecular weight excluding hydrogens is 224 g/mol. The summed E-state index contributed by atoms with van der Waals surface area (Å²) in [5.74, 6) is 0. The third-order valence-corrected chi connectivity index (χ3v) is 4.68. The summed E-state index contributed by atoms with van der Waals surface area (Å²) in [5.41, 5.74) is 1.30. The third-order valence-electron chi connectivity index (χ3n) is 2.14. The highest BCUT2D eigenvalue weighted by Crippen LogP contribution is 2.23. The van der Waals surface area contributed by atoms with Gasteiger partial charge in [0.15, 0.2) is 0 Å². The third kappa shape index (κ3) is 2.84. The molecular formula is C12H12OS2. The molecule has 2 rings (SSSR count). The lowest BCUT2D eigenvalue weighted by atomic mass is 10.1. The standard InChI is InChI=1S/C12H12OS2/c1-15(13)12-8-7-11(14-12)9-10-5-3-2-4-6-10/h2-8H,9H2,1H3. The lowest BCUT2D eigenvalue weighted by molar-refractivity contribution is 0.603. The highest BCUT2D eigenvalue weighted by molar-refractivity contribution is 7.92. The maximum absolute atomic E-state index is 11.2. The summed E-state index contributed by atoms with van der Waals surface area (Å²) >= 11 is 0.788. The van der Waals surface area contributed by atoms with E-state index < -0.39 is 11.2 Å². The summed E-state index contributed by atoms with van der Waals surface area (Å²) < 4.78 is 12.2. The predicted octanol–water partition coefficient (Wildman–Crippen LogP) is 3.08. The molecule has 0 bridgehead atoms. The lowest BCUT2D eigenvalue weighted by Crippen LogP contribution is -1.91. The van der Waals surface area contributed by atoms with Crippen molar-refractivity contribution in [3.8, 4) is 0 Å². The number of rotatable bonds is 3. The Morgan fingerprint density at radius 3 is 2.47 bits per heavy atom. The number of thiophene rings is 1. The molecule has 15 heavy (non-hydrogen) atoms. The van der Waals surface area contributed by atoms with Crippen LogP contribution >= 0.6 is 11.3 Å². The van der Waals surface area contributed by atoms with Crippen molar-refractivity contribution in [2.45, 2.75) is 10.6 Å². The summed E-state index contributed by atoms with van der Waals surface area (Å²) in [6.07, 6.45) is 2.65. The van der Waals surface area contributed by atoms with Gasteiger partial charge in [-0.1, -0.05) is 41.7 Å². The highest BCUT2D eigenvalue weighted by atomic mass is 32.2. The van der Waals surface area contributed by atoms with E-state index in [1.54, 1.807) is 17.6 Å². The van der Waals surface area contributed by atoms with Gasteiger partial charge in [0.25, 0.3) is 0 Å². The van der Waals surface area contributed by atoms with Gasteiger partial charge in [-0.3, -0.25) is 0 Å². The number of hydrogen-bond acceptors (Lipinski definition) is 2. The van der Waals surface area contributed by atoms with Crippen molar-refractivity contribution in [2.24, 2.45) is 0 Å². The Balaban J connectivity index is 2.12. The Kier molecular flexibility index (Phi) is 3.46. The molecule has 0 aliphatic rings. The van der Waals surface area contributed by atoms with Gasteiger partial charge >= 0.3 is 0 Å². The van der Waals surface area contributed by atoms with E-state index in [0.717, 1.165) is 10.6 Å².